The lowest BCUT2D eigenvalue weighted by Gasteiger charge is -2.47. The summed E-state index contributed by atoms with van der Waals surface area (Å²) in [5, 5.41) is 64.3. The van der Waals surface area contributed by atoms with E-state index in [0.29, 0.717) is 24.6 Å². The molecule has 0 aromatic heterocycles. The minimum Gasteiger partial charge on any atom is -0.394 e. The van der Waals surface area contributed by atoms with Gasteiger partial charge in [-0.05, 0) is 38.5 Å². The molecule has 5 rings (SSSR count). The van der Waals surface area contributed by atoms with E-state index in [0.717, 1.165) is 37.9 Å². The van der Waals surface area contributed by atoms with Crippen molar-refractivity contribution < 1.29 is 58.9 Å². The second-order valence-corrected chi connectivity index (χ2v) is 16.7. The van der Waals surface area contributed by atoms with Gasteiger partial charge in [-0.1, -0.05) is 12.8 Å². The average Bonchev–Trinajstić information content (AvgIpc) is 3.70. The molecule has 0 aromatic rings. The largest absolute Gasteiger partial charge is 0.394 e. The van der Waals surface area contributed by atoms with Crippen LogP contribution in [-0.2, 0) is 28.5 Å². The molecule has 5 aliphatic rings. The van der Waals surface area contributed by atoms with Gasteiger partial charge in [-0.25, -0.2) is 4.79 Å². The minimum atomic E-state index is -1.49. The maximum atomic E-state index is 12.6. The van der Waals surface area contributed by atoms with E-state index in [-0.39, 0.29) is 55.7 Å². The van der Waals surface area contributed by atoms with Crippen LogP contribution >= 0.6 is 11.8 Å². The first kappa shape index (κ1) is 44.1. The smallest absolute Gasteiger partial charge is 0.315 e. The molecule has 1 aliphatic carbocycles. The summed E-state index contributed by atoms with van der Waals surface area (Å²) in [5.41, 5.74) is 24.7. The van der Waals surface area contributed by atoms with Crippen molar-refractivity contribution in [1.82, 2.24) is 21.3 Å². The number of unbranched alkanes of at least 4 members (excludes halogenated alkanes) is 3. The molecule has 0 bridgehead atoms. The molecule has 316 valence electrons. The Kier molecular flexibility index (Phi) is 16.6. The molecule has 55 heavy (non-hydrogen) atoms. The number of aliphatic hydroxyl groups excluding tert-OH is 5. The lowest BCUT2D eigenvalue weighted by Crippen LogP contribution is -2.68. The third-order valence-electron chi connectivity index (χ3n) is 11.2. The number of carbonyl (C=O) groups excluding carboxylic acids is 3. The molecule has 0 spiro atoms. The number of urea groups is 1. The van der Waals surface area contributed by atoms with Crippen molar-refractivity contribution in [3.63, 3.8) is 0 Å². The minimum absolute atomic E-state index is 0.00724. The van der Waals surface area contributed by atoms with Gasteiger partial charge < -0.3 is 88.7 Å². The van der Waals surface area contributed by atoms with E-state index >= 15 is 0 Å². The van der Waals surface area contributed by atoms with E-state index in [1.165, 1.54) is 0 Å². The first-order valence-corrected chi connectivity index (χ1v) is 20.5. The lowest BCUT2D eigenvalue weighted by molar-refractivity contribution is -0.315. The number of hydrogen-bond donors (Lipinski definition) is 13. The Morgan fingerprint density at radius 1 is 0.782 bits per heavy atom. The Bertz CT molecular complexity index is 1260. The Balaban J connectivity index is 0.963. The molecular formula is C34H62N8O12S. The van der Waals surface area contributed by atoms with Gasteiger partial charge >= 0.3 is 6.03 Å². The predicted molar refractivity (Wildman–Crippen MR) is 198 cm³/mol. The molecule has 17 atom stereocenters. The van der Waals surface area contributed by atoms with Gasteiger partial charge in [0, 0.05) is 49.0 Å². The van der Waals surface area contributed by atoms with Crippen LogP contribution in [0.4, 0.5) is 4.79 Å². The highest BCUT2D eigenvalue weighted by Crippen LogP contribution is 2.34. The van der Waals surface area contributed by atoms with Gasteiger partial charge in [0.05, 0.1) is 36.9 Å². The van der Waals surface area contributed by atoms with Crippen LogP contribution in [0.2, 0.25) is 0 Å². The van der Waals surface area contributed by atoms with Gasteiger partial charge in [0.2, 0.25) is 11.8 Å². The monoisotopic (exact) mass is 806 g/mol. The van der Waals surface area contributed by atoms with E-state index in [4.69, 9.17) is 41.9 Å². The number of rotatable bonds is 18. The van der Waals surface area contributed by atoms with E-state index in [1.54, 1.807) is 0 Å². The van der Waals surface area contributed by atoms with Crippen LogP contribution in [0.3, 0.4) is 0 Å². The average molecular weight is 807 g/mol. The number of aliphatic hydroxyl groups is 5. The molecule has 4 amide bonds. The highest BCUT2D eigenvalue weighted by Gasteiger charge is 2.50. The number of amides is 4. The molecule has 4 aliphatic heterocycles. The molecule has 0 unspecified atom stereocenters. The summed E-state index contributed by atoms with van der Waals surface area (Å²) in [6.45, 7) is -0.0740. The number of nitrogens with one attached hydrogen (secondary N) is 4. The predicted octanol–water partition coefficient (Wildman–Crippen LogP) is -4.74. The van der Waals surface area contributed by atoms with Crippen molar-refractivity contribution in [1.29, 1.82) is 0 Å². The number of thioether (sulfide) groups is 1. The molecule has 0 radical (unpaired) electrons. The third-order valence-corrected chi connectivity index (χ3v) is 12.7. The molecule has 17 N–H and O–H groups in total. The van der Waals surface area contributed by atoms with Gasteiger partial charge in [-0.15, -0.1) is 0 Å². The second-order valence-electron chi connectivity index (χ2n) is 15.4. The number of ether oxygens (including phenoxy) is 4. The van der Waals surface area contributed by atoms with Crippen molar-refractivity contribution in [2.24, 2.45) is 22.9 Å². The van der Waals surface area contributed by atoms with Crippen molar-refractivity contribution in [3.05, 3.63) is 0 Å². The van der Waals surface area contributed by atoms with Crippen LogP contribution in [0.25, 0.3) is 0 Å². The molecule has 0 aromatic carbocycles. The van der Waals surface area contributed by atoms with E-state index in [9.17, 15) is 39.9 Å². The molecule has 4 saturated heterocycles. The molecule has 5 fully saturated rings. The topological polar surface area (TPSA) is 341 Å². The van der Waals surface area contributed by atoms with E-state index in [2.05, 4.69) is 21.3 Å². The van der Waals surface area contributed by atoms with Crippen LogP contribution in [0, 0.1) is 0 Å². The molecule has 1 saturated carbocycles. The van der Waals surface area contributed by atoms with E-state index < -0.39 is 92.2 Å². The summed E-state index contributed by atoms with van der Waals surface area (Å²) in [4.78, 5) is 36.4. The fraction of sp³-hybridized carbons (Fsp3) is 0.912. The zero-order valence-electron chi connectivity index (χ0n) is 31.0. The SMILES string of the molecule is N[C@@H]1[C@@H](O)[C@@H](O[C@@H]2[C@@H](O)[C@H](O[C@H]3O[C@H](CNC(=O)CCCCCNC(=O)CCCC[C@@H]4SC[C@@H]5NC(=O)N[C@@H]54)[C@@H](O)C[C@H]3N)[C@@H](N)C[C@H]2N)O[C@H](CO)[C@H]1O. The Morgan fingerprint density at radius 2 is 1.44 bits per heavy atom. The maximum Gasteiger partial charge on any atom is 0.315 e. The summed E-state index contributed by atoms with van der Waals surface area (Å²) in [6, 6.07) is -3.30. The van der Waals surface area contributed by atoms with Crippen molar-refractivity contribution in [3.8, 4) is 0 Å². The van der Waals surface area contributed by atoms with Crippen molar-refractivity contribution in [2.75, 3.05) is 25.4 Å². The Labute approximate surface area is 324 Å². The van der Waals surface area contributed by atoms with Crippen molar-refractivity contribution in [2.45, 2.75) is 167 Å². The van der Waals surface area contributed by atoms with Crippen LogP contribution in [0.1, 0.15) is 64.2 Å². The maximum absolute atomic E-state index is 12.6. The summed E-state index contributed by atoms with van der Waals surface area (Å²) >= 11 is 1.87. The quantitative estimate of drug-likeness (QED) is 0.0457. The van der Waals surface area contributed by atoms with Gasteiger partial charge in [0.1, 0.15) is 42.7 Å². The highest BCUT2D eigenvalue weighted by atomic mass is 32.2. The number of hydrogen-bond acceptors (Lipinski definition) is 17. The zero-order valence-corrected chi connectivity index (χ0v) is 31.8. The fourth-order valence-corrected chi connectivity index (χ4v) is 9.42. The normalized spacial score (nSPS) is 41.6. The summed E-state index contributed by atoms with van der Waals surface area (Å²) in [5.74, 6) is 0.699. The first-order chi connectivity index (χ1) is 26.3. The zero-order chi connectivity index (χ0) is 39.8. The number of carbonyl (C=O) groups is 3. The standard InChI is InChI=1S/C34H62N8O12S/c35-15-10-16(36)31(54-33-28(48)25(38)27(47)21(13-43)52-33)29(49)30(15)53-32-17(37)11-19(44)20(51-32)12-40-24(46)7-2-1-5-9-39-23(45)8-4-3-6-22-26-18(14-55-22)41-34(50)42-26/h15-22,25-33,43-44,47-49H,1-14,35-38H2,(H,39,45)(H,40,46)(H2,41,42,50)/t15-,16+,17+,18-,19-,20+,21+,22-,25-,26-,27+,28+,29-,30+,31-,32+,33+/m0/s1. The number of nitrogens with two attached hydrogens (primary N) is 4. The van der Waals surface area contributed by atoms with Gasteiger partial charge in [-0.2, -0.15) is 11.8 Å². The molecular weight excluding hydrogens is 744 g/mol. The van der Waals surface area contributed by atoms with Crippen molar-refractivity contribution >= 4 is 29.6 Å². The van der Waals surface area contributed by atoms with Crippen LogP contribution < -0.4 is 44.2 Å². The van der Waals surface area contributed by atoms with Gasteiger partial charge in [0.15, 0.2) is 12.6 Å². The second kappa shape index (κ2) is 20.6. The first-order valence-electron chi connectivity index (χ1n) is 19.5. The van der Waals surface area contributed by atoms with Crippen LogP contribution in [0.5, 0.6) is 0 Å². The van der Waals surface area contributed by atoms with Crippen LogP contribution in [0.15, 0.2) is 0 Å². The van der Waals surface area contributed by atoms with Gasteiger partial charge in [-0.3, -0.25) is 9.59 Å². The fourth-order valence-electron chi connectivity index (χ4n) is 7.88. The Morgan fingerprint density at radius 3 is 2.15 bits per heavy atom. The van der Waals surface area contributed by atoms with Gasteiger partial charge in [0.25, 0.3) is 0 Å². The number of fused-ring (bicyclic) bond motifs is 1. The van der Waals surface area contributed by atoms with E-state index in [1.807, 2.05) is 11.8 Å². The third kappa shape index (κ3) is 11.6. The lowest BCUT2D eigenvalue weighted by atomic mass is 9.84. The Hall–Kier alpha value is -1.96. The molecule has 20 nitrogen and oxygen atoms in total. The highest BCUT2D eigenvalue weighted by molar-refractivity contribution is 8.00. The molecule has 21 heteroatoms. The van der Waals surface area contributed by atoms with Crippen LogP contribution in [-0.4, -0.2) is 172 Å². The summed E-state index contributed by atoms with van der Waals surface area (Å²) in [6.07, 6.45) is -6.42. The molecule has 4 heterocycles. The summed E-state index contributed by atoms with van der Waals surface area (Å²) in [7, 11) is 0. The summed E-state index contributed by atoms with van der Waals surface area (Å²) < 4.78 is 23.4.